The number of pyridine rings is 1. The zero-order chi connectivity index (χ0) is 16.3. The minimum atomic E-state index is -0.462. The zero-order valence-corrected chi connectivity index (χ0v) is 13.1. The number of hydrogen-bond donors (Lipinski definition) is 2. The SMILES string of the molecule is CCOC(=O)c1[nH]c(C)c(C(=O)Nc2cccc(C)n2)c1C. The van der Waals surface area contributed by atoms with Crippen molar-refractivity contribution < 1.29 is 14.3 Å². The molecule has 0 saturated heterocycles. The van der Waals surface area contributed by atoms with Gasteiger partial charge in [0.2, 0.25) is 0 Å². The normalized spacial score (nSPS) is 10.4. The van der Waals surface area contributed by atoms with Gasteiger partial charge in [0, 0.05) is 11.4 Å². The van der Waals surface area contributed by atoms with E-state index in [0.717, 1.165) is 5.69 Å². The summed E-state index contributed by atoms with van der Waals surface area (Å²) in [6.07, 6.45) is 0. The summed E-state index contributed by atoms with van der Waals surface area (Å²) >= 11 is 0. The lowest BCUT2D eigenvalue weighted by molar-refractivity contribution is 0.0519. The topological polar surface area (TPSA) is 84.1 Å². The third-order valence-electron chi connectivity index (χ3n) is 3.27. The van der Waals surface area contributed by atoms with E-state index in [9.17, 15) is 9.59 Å². The van der Waals surface area contributed by atoms with Gasteiger partial charge < -0.3 is 15.0 Å². The van der Waals surface area contributed by atoms with Crippen molar-refractivity contribution in [1.29, 1.82) is 0 Å². The fourth-order valence-electron chi connectivity index (χ4n) is 2.29. The van der Waals surface area contributed by atoms with Crippen molar-refractivity contribution in [2.75, 3.05) is 11.9 Å². The van der Waals surface area contributed by atoms with E-state index < -0.39 is 5.97 Å². The van der Waals surface area contributed by atoms with Gasteiger partial charge in [-0.05, 0) is 45.4 Å². The van der Waals surface area contributed by atoms with E-state index in [4.69, 9.17) is 4.74 Å². The Labute approximate surface area is 128 Å². The lowest BCUT2D eigenvalue weighted by atomic mass is 10.1. The molecule has 2 aromatic heterocycles. The highest BCUT2D eigenvalue weighted by atomic mass is 16.5. The van der Waals surface area contributed by atoms with Crippen LogP contribution in [0.1, 0.15) is 44.7 Å². The van der Waals surface area contributed by atoms with Crippen LogP contribution in [0.5, 0.6) is 0 Å². The van der Waals surface area contributed by atoms with Crippen LogP contribution in [0.4, 0.5) is 5.82 Å². The average Bonchev–Trinajstić information content (AvgIpc) is 2.74. The van der Waals surface area contributed by atoms with Crippen molar-refractivity contribution in [2.45, 2.75) is 27.7 Å². The third-order valence-corrected chi connectivity index (χ3v) is 3.27. The van der Waals surface area contributed by atoms with Gasteiger partial charge >= 0.3 is 5.97 Å². The van der Waals surface area contributed by atoms with E-state index >= 15 is 0 Å². The van der Waals surface area contributed by atoms with Gasteiger partial charge in [0.25, 0.3) is 5.91 Å². The Morgan fingerprint density at radius 3 is 2.64 bits per heavy atom. The number of aryl methyl sites for hydroxylation is 2. The molecule has 1 amide bonds. The maximum absolute atomic E-state index is 12.4. The molecule has 116 valence electrons. The molecular formula is C16H19N3O3. The van der Waals surface area contributed by atoms with Gasteiger partial charge in [-0.3, -0.25) is 4.79 Å². The Morgan fingerprint density at radius 1 is 1.27 bits per heavy atom. The van der Waals surface area contributed by atoms with E-state index in [-0.39, 0.29) is 12.5 Å². The van der Waals surface area contributed by atoms with E-state index in [1.54, 1.807) is 26.8 Å². The highest BCUT2D eigenvalue weighted by molar-refractivity contribution is 6.07. The van der Waals surface area contributed by atoms with Crippen molar-refractivity contribution in [3.05, 3.63) is 46.4 Å². The Kier molecular flexibility index (Phi) is 4.60. The van der Waals surface area contributed by atoms with Gasteiger partial charge in [0.1, 0.15) is 11.5 Å². The summed E-state index contributed by atoms with van der Waals surface area (Å²) in [6.45, 7) is 7.33. The summed E-state index contributed by atoms with van der Waals surface area (Å²) in [5.74, 6) is -0.293. The summed E-state index contributed by atoms with van der Waals surface area (Å²) in [5, 5.41) is 2.74. The molecule has 0 aliphatic rings. The number of aromatic amines is 1. The number of esters is 1. The van der Waals surface area contributed by atoms with Crippen LogP contribution in [0.15, 0.2) is 18.2 Å². The second kappa shape index (κ2) is 6.43. The molecule has 0 bridgehead atoms. The Morgan fingerprint density at radius 2 is 2.00 bits per heavy atom. The maximum Gasteiger partial charge on any atom is 0.355 e. The van der Waals surface area contributed by atoms with Crippen molar-refractivity contribution in [1.82, 2.24) is 9.97 Å². The maximum atomic E-state index is 12.4. The van der Waals surface area contributed by atoms with Crippen LogP contribution >= 0.6 is 0 Å². The molecule has 0 aliphatic heterocycles. The lowest BCUT2D eigenvalue weighted by Crippen LogP contribution is -2.15. The highest BCUT2D eigenvalue weighted by Gasteiger charge is 2.22. The van der Waals surface area contributed by atoms with Crippen LogP contribution in [-0.2, 0) is 4.74 Å². The van der Waals surface area contributed by atoms with Crippen molar-refractivity contribution in [3.8, 4) is 0 Å². The van der Waals surface area contributed by atoms with Gasteiger partial charge in [-0.2, -0.15) is 0 Å². The molecule has 6 nitrogen and oxygen atoms in total. The van der Waals surface area contributed by atoms with Gasteiger partial charge in [-0.1, -0.05) is 6.07 Å². The Hall–Kier alpha value is -2.63. The number of rotatable bonds is 4. The van der Waals surface area contributed by atoms with Gasteiger partial charge in [0.05, 0.1) is 12.2 Å². The fraction of sp³-hybridized carbons (Fsp3) is 0.312. The second-order valence-corrected chi connectivity index (χ2v) is 4.96. The molecule has 0 saturated carbocycles. The Balaban J connectivity index is 2.28. The number of ether oxygens (including phenoxy) is 1. The first-order chi connectivity index (χ1) is 10.4. The summed E-state index contributed by atoms with van der Waals surface area (Å²) in [7, 11) is 0. The molecule has 0 radical (unpaired) electrons. The number of H-pyrrole nitrogens is 1. The van der Waals surface area contributed by atoms with Crippen molar-refractivity contribution >= 4 is 17.7 Å². The van der Waals surface area contributed by atoms with Crippen LogP contribution < -0.4 is 5.32 Å². The molecule has 6 heteroatoms. The quantitative estimate of drug-likeness (QED) is 0.850. The smallest absolute Gasteiger partial charge is 0.355 e. The summed E-state index contributed by atoms with van der Waals surface area (Å²) in [5.41, 5.74) is 2.74. The minimum absolute atomic E-state index is 0.283. The van der Waals surface area contributed by atoms with Crippen molar-refractivity contribution in [3.63, 3.8) is 0 Å². The number of hydrogen-bond acceptors (Lipinski definition) is 4. The second-order valence-electron chi connectivity index (χ2n) is 4.96. The number of amides is 1. The predicted octanol–water partition coefficient (Wildman–Crippen LogP) is 2.76. The highest BCUT2D eigenvalue weighted by Crippen LogP contribution is 2.20. The molecule has 0 aliphatic carbocycles. The first-order valence-corrected chi connectivity index (χ1v) is 7.05. The standard InChI is InChI=1S/C16H19N3O3/c1-5-22-16(21)14-10(3)13(11(4)18-14)15(20)19-12-8-6-7-9(2)17-12/h6-8,18H,5H2,1-4H3,(H,17,19,20). The molecule has 22 heavy (non-hydrogen) atoms. The molecule has 2 rings (SSSR count). The first kappa shape index (κ1) is 15.8. The number of anilines is 1. The minimum Gasteiger partial charge on any atom is -0.461 e. The van der Waals surface area contributed by atoms with E-state index in [0.29, 0.717) is 28.3 Å². The van der Waals surface area contributed by atoms with Crippen LogP contribution in [-0.4, -0.2) is 28.5 Å². The monoisotopic (exact) mass is 301 g/mol. The molecule has 0 unspecified atom stereocenters. The number of aromatic nitrogens is 2. The fourth-order valence-corrected chi connectivity index (χ4v) is 2.29. The largest absolute Gasteiger partial charge is 0.461 e. The van der Waals surface area contributed by atoms with Crippen LogP contribution in [0.3, 0.4) is 0 Å². The number of carbonyl (C=O) groups excluding carboxylic acids is 2. The molecule has 2 aromatic rings. The molecular weight excluding hydrogens is 282 g/mol. The summed E-state index contributed by atoms with van der Waals surface area (Å²) in [6, 6.07) is 5.38. The van der Waals surface area contributed by atoms with Gasteiger partial charge in [-0.25, -0.2) is 9.78 Å². The number of nitrogens with zero attached hydrogens (tertiary/aromatic N) is 1. The van der Waals surface area contributed by atoms with Gasteiger partial charge in [0.15, 0.2) is 0 Å². The number of nitrogens with one attached hydrogen (secondary N) is 2. The summed E-state index contributed by atoms with van der Waals surface area (Å²) in [4.78, 5) is 31.5. The molecule has 2 heterocycles. The summed E-state index contributed by atoms with van der Waals surface area (Å²) < 4.78 is 4.98. The van der Waals surface area contributed by atoms with Gasteiger partial charge in [-0.15, -0.1) is 0 Å². The molecule has 0 aromatic carbocycles. The zero-order valence-electron chi connectivity index (χ0n) is 13.1. The van der Waals surface area contributed by atoms with E-state index in [1.165, 1.54) is 0 Å². The predicted molar refractivity (Wildman–Crippen MR) is 83.2 cm³/mol. The van der Waals surface area contributed by atoms with E-state index in [1.807, 2.05) is 19.1 Å². The third kappa shape index (κ3) is 3.16. The molecule has 2 N–H and O–H groups in total. The number of carbonyl (C=O) groups is 2. The molecule has 0 fully saturated rings. The van der Waals surface area contributed by atoms with E-state index in [2.05, 4.69) is 15.3 Å². The Bertz CT molecular complexity index is 719. The van der Waals surface area contributed by atoms with Crippen LogP contribution in [0.2, 0.25) is 0 Å². The lowest BCUT2D eigenvalue weighted by Gasteiger charge is -2.06. The van der Waals surface area contributed by atoms with Crippen molar-refractivity contribution in [2.24, 2.45) is 0 Å². The van der Waals surface area contributed by atoms with Crippen LogP contribution in [0, 0.1) is 20.8 Å². The molecule has 0 spiro atoms. The van der Waals surface area contributed by atoms with Crippen LogP contribution in [0.25, 0.3) is 0 Å². The molecule has 0 atom stereocenters. The first-order valence-electron chi connectivity index (χ1n) is 7.05. The average molecular weight is 301 g/mol.